The van der Waals surface area contributed by atoms with Gasteiger partial charge in [-0.15, -0.1) is 0 Å². The van der Waals surface area contributed by atoms with E-state index in [4.69, 9.17) is 10.2 Å². The third-order valence-electron chi connectivity index (χ3n) is 2.79. The second-order valence-electron chi connectivity index (χ2n) is 3.99. The molecule has 0 aromatic carbocycles. The molecule has 1 heterocycles. The van der Waals surface area contributed by atoms with Gasteiger partial charge in [-0.1, -0.05) is 19.3 Å². The van der Waals surface area contributed by atoms with E-state index < -0.39 is 0 Å². The summed E-state index contributed by atoms with van der Waals surface area (Å²) in [5.74, 6) is 0. The molecule has 1 saturated carbocycles. The van der Waals surface area contributed by atoms with Gasteiger partial charge in [0.05, 0.1) is 26.4 Å². The predicted octanol–water partition coefficient (Wildman–Crippen LogP) is 0.938. The molecular weight excluding hydrogens is 168 g/mol. The maximum absolute atomic E-state index is 8.98. The van der Waals surface area contributed by atoms with Crippen LogP contribution in [0, 0.1) is 5.41 Å². The number of hydrogen-bond acceptors (Lipinski definition) is 3. The largest absolute Gasteiger partial charge is 0.396 e. The van der Waals surface area contributed by atoms with Crippen molar-refractivity contribution in [3.63, 3.8) is 0 Å². The standard InChI is InChI=1S/C8H16O2.C2H4O/c9-6-8(7-10)4-2-1-3-5-8;1-2-3-1/h9-10H,1-7H2;1-2H2. The highest BCUT2D eigenvalue weighted by Crippen LogP contribution is 2.34. The van der Waals surface area contributed by atoms with E-state index in [9.17, 15) is 0 Å². The lowest BCUT2D eigenvalue weighted by atomic mass is 9.75. The number of aliphatic hydroxyl groups is 2. The first-order valence-corrected chi connectivity index (χ1v) is 5.12. The fourth-order valence-corrected chi connectivity index (χ4v) is 1.67. The number of ether oxygens (including phenoxy) is 1. The van der Waals surface area contributed by atoms with E-state index in [1.807, 2.05) is 0 Å². The molecule has 0 aromatic heterocycles. The molecule has 3 nitrogen and oxygen atoms in total. The second-order valence-corrected chi connectivity index (χ2v) is 3.99. The number of hydrogen-bond donors (Lipinski definition) is 2. The van der Waals surface area contributed by atoms with Crippen LogP contribution in [0.25, 0.3) is 0 Å². The Labute approximate surface area is 79.7 Å². The Morgan fingerprint density at radius 2 is 1.38 bits per heavy atom. The van der Waals surface area contributed by atoms with Gasteiger partial charge in [0.2, 0.25) is 0 Å². The summed E-state index contributed by atoms with van der Waals surface area (Å²) in [4.78, 5) is 0. The van der Waals surface area contributed by atoms with Crippen molar-refractivity contribution in [3.8, 4) is 0 Å². The van der Waals surface area contributed by atoms with Gasteiger partial charge in [-0.3, -0.25) is 0 Å². The Hall–Kier alpha value is -0.120. The van der Waals surface area contributed by atoms with Crippen molar-refractivity contribution in [1.82, 2.24) is 0 Å². The van der Waals surface area contributed by atoms with Crippen molar-refractivity contribution in [2.24, 2.45) is 5.41 Å². The van der Waals surface area contributed by atoms with Gasteiger partial charge < -0.3 is 14.9 Å². The van der Waals surface area contributed by atoms with Crippen molar-refractivity contribution in [2.45, 2.75) is 32.1 Å². The molecule has 2 fully saturated rings. The van der Waals surface area contributed by atoms with E-state index in [0.717, 1.165) is 26.1 Å². The van der Waals surface area contributed by atoms with Gasteiger partial charge in [-0.05, 0) is 12.8 Å². The molecule has 0 radical (unpaired) electrons. The summed E-state index contributed by atoms with van der Waals surface area (Å²) >= 11 is 0. The van der Waals surface area contributed by atoms with Crippen LogP contribution in [0.15, 0.2) is 0 Å². The molecule has 0 bridgehead atoms. The molecule has 78 valence electrons. The van der Waals surface area contributed by atoms with E-state index >= 15 is 0 Å². The van der Waals surface area contributed by atoms with Gasteiger partial charge in [0.25, 0.3) is 0 Å². The smallest absolute Gasteiger partial charge is 0.0701 e. The van der Waals surface area contributed by atoms with Crippen LogP contribution in [0.4, 0.5) is 0 Å². The van der Waals surface area contributed by atoms with Crippen LogP contribution in [-0.2, 0) is 4.74 Å². The van der Waals surface area contributed by atoms with Crippen LogP contribution in [0.2, 0.25) is 0 Å². The fourth-order valence-electron chi connectivity index (χ4n) is 1.67. The summed E-state index contributed by atoms with van der Waals surface area (Å²) in [7, 11) is 0. The molecule has 0 spiro atoms. The highest BCUT2D eigenvalue weighted by Gasteiger charge is 2.30. The maximum atomic E-state index is 8.98. The van der Waals surface area contributed by atoms with Crippen LogP contribution in [0.1, 0.15) is 32.1 Å². The molecule has 0 atom stereocenters. The first kappa shape index (κ1) is 11.0. The molecule has 1 aliphatic carbocycles. The third kappa shape index (κ3) is 4.07. The SMILES string of the molecule is C1CO1.OCC1(CO)CCCCC1. The number of aliphatic hydroxyl groups excluding tert-OH is 2. The van der Waals surface area contributed by atoms with E-state index in [1.165, 1.54) is 19.3 Å². The Morgan fingerprint density at radius 3 is 1.62 bits per heavy atom. The summed E-state index contributed by atoms with van der Waals surface area (Å²) in [5, 5.41) is 18.0. The predicted molar refractivity (Wildman–Crippen MR) is 50.5 cm³/mol. The van der Waals surface area contributed by atoms with Crippen LogP contribution in [0.3, 0.4) is 0 Å². The Kier molecular flexibility index (Phi) is 4.70. The van der Waals surface area contributed by atoms with E-state index in [0.29, 0.717) is 0 Å². The molecule has 2 aliphatic rings. The summed E-state index contributed by atoms with van der Waals surface area (Å²) in [6.07, 6.45) is 5.60. The first-order chi connectivity index (χ1) is 6.33. The average Bonchev–Trinajstić information content (AvgIpc) is 3.06. The normalized spacial score (nSPS) is 24.5. The minimum Gasteiger partial charge on any atom is -0.396 e. The zero-order valence-corrected chi connectivity index (χ0v) is 8.17. The molecule has 2 rings (SSSR count). The van der Waals surface area contributed by atoms with Crippen molar-refractivity contribution < 1.29 is 14.9 Å². The fraction of sp³-hybridized carbons (Fsp3) is 1.00. The maximum Gasteiger partial charge on any atom is 0.0701 e. The Bertz CT molecular complexity index is 119. The second kappa shape index (κ2) is 5.58. The lowest BCUT2D eigenvalue weighted by Crippen LogP contribution is -2.31. The summed E-state index contributed by atoms with van der Waals surface area (Å²) in [6, 6.07) is 0. The van der Waals surface area contributed by atoms with Crippen LogP contribution >= 0.6 is 0 Å². The van der Waals surface area contributed by atoms with Crippen molar-refractivity contribution in [2.75, 3.05) is 26.4 Å². The third-order valence-corrected chi connectivity index (χ3v) is 2.79. The molecule has 1 aliphatic heterocycles. The van der Waals surface area contributed by atoms with Gasteiger partial charge >= 0.3 is 0 Å². The van der Waals surface area contributed by atoms with Crippen molar-refractivity contribution >= 4 is 0 Å². The highest BCUT2D eigenvalue weighted by molar-refractivity contribution is 4.80. The molecule has 0 unspecified atom stereocenters. The molecular formula is C10H20O3. The molecule has 1 saturated heterocycles. The highest BCUT2D eigenvalue weighted by atomic mass is 16.6. The number of epoxide rings is 1. The molecule has 0 aromatic rings. The Balaban J connectivity index is 0.000000236. The summed E-state index contributed by atoms with van der Waals surface area (Å²) < 4.78 is 4.50. The van der Waals surface area contributed by atoms with E-state index in [2.05, 4.69) is 4.74 Å². The lowest BCUT2D eigenvalue weighted by molar-refractivity contribution is 0.0234. The zero-order chi connectivity index (χ0) is 9.57. The van der Waals surface area contributed by atoms with Gasteiger partial charge in [0.1, 0.15) is 0 Å². The van der Waals surface area contributed by atoms with Crippen LogP contribution in [-0.4, -0.2) is 36.6 Å². The van der Waals surface area contributed by atoms with E-state index in [-0.39, 0.29) is 18.6 Å². The Morgan fingerprint density at radius 1 is 0.923 bits per heavy atom. The van der Waals surface area contributed by atoms with Gasteiger partial charge in [-0.2, -0.15) is 0 Å². The quantitative estimate of drug-likeness (QED) is 0.634. The van der Waals surface area contributed by atoms with Crippen LogP contribution in [0.5, 0.6) is 0 Å². The van der Waals surface area contributed by atoms with Crippen molar-refractivity contribution in [3.05, 3.63) is 0 Å². The minimum atomic E-state index is -0.127. The van der Waals surface area contributed by atoms with Gasteiger partial charge in [0, 0.05) is 5.41 Å². The molecule has 2 N–H and O–H groups in total. The van der Waals surface area contributed by atoms with Crippen LogP contribution < -0.4 is 0 Å². The minimum absolute atomic E-state index is 0.127. The van der Waals surface area contributed by atoms with E-state index in [1.54, 1.807) is 0 Å². The van der Waals surface area contributed by atoms with Gasteiger partial charge in [-0.25, -0.2) is 0 Å². The molecule has 0 amide bonds. The summed E-state index contributed by atoms with van der Waals surface area (Å²) in [5.41, 5.74) is -0.127. The lowest BCUT2D eigenvalue weighted by Gasteiger charge is -2.33. The number of rotatable bonds is 2. The first-order valence-electron chi connectivity index (χ1n) is 5.12. The van der Waals surface area contributed by atoms with Crippen molar-refractivity contribution in [1.29, 1.82) is 0 Å². The average molecular weight is 188 g/mol. The molecule has 3 heteroatoms. The zero-order valence-electron chi connectivity index (χ0n) is 8.17. The monoisotopic (exact) mass is 188 g/mol. The summed E-state index contributed by atoms with van der Waals surface area (Å²) in [6.45, 7) is 2.31. The molecule has 13 heavy (non-hydrogen) atoms. The topological polar surface area (TPSA) is 53.0 Å². The van der Waals surface area contributed by atoms with Gasteiger partial charge in [0.15, 0.2) is 0 Å².